The smallest absolute Gasteiger partial charge is 0.339 e. The Kier molecular flexibility index (Phi) is 6.53. The molecular formula is C25H29NO3. The summed E-state index contributed by atoms with van der Waals surface area (Å²) in [5, 5.41) is 0.859. The number of ether oxygens (including phenoxy) is 2. The lowest BCUT2D eigenvalue weighted by molar-refractivity contribution is 0.0499. The number of pyridine rings is 1. The average Bonchev–Trinajstić information content (AvgIpc) is 2.71. The lowest BCUT2D eigenvalue weighted by Crippen LogP contribution is -2.11. The van der Waals surface area contributed by atoms with Gasteiger partial charge in [0.2, 0.25) is 0 Å². The number of nitrogens with zero attached hydrogens (tertiary/aromatic N) is 1. The van der Waals surface area contributed by atoms with Crippen LogP contribution in [0.5, 0.6) is 5.75 Å². The molecule has 0 radical (unpaired) electrons. The van der Waals surface area contributed by atoms with Gasteiger partial charge in [0.25, 0.3) is 0 Å². The summed E-state index contributed by atoms with van der Waals surface area (Å²) in [5.74, 6) is 0.514. The maximum atomic E-state index is 13.1. The van der Waals surface area contributed by atoms with Crippen molar-refractivity contribution in [2.45, 2.75) is 47.0 Å². The Hall–Kier alpha value is -2.88. The van der Waals surface area contributed by atoms with E-state index in [1.54, 1.807) is 7.11 Å². The van der Waals surface area contributed by atoms with Crippen LogP contribution in [0.25, 0.3) is 22.2 Å². The zero-order valence-corrected chi connectivity index (χ0v) is 18.0. The van der Waals surface area contributed by atoms with E-state index >= 15 is 0 Å². The number of unbranched alkanes of at least 4 members (excludes halogenated alkanes) is 2. The van der Waals surface area contributed by atoms with Gasteiger partial charge >= 0.3 is 5.97 Å². The Balaban J connectivity index is 2.15. The van der Waals surface area contributed by atoms with Gasteiger partial charge in [0.05, 0.1) is 30.5 Å². The van der Waals surface area contributed by atoms with Crippen molar-refractivity contribution in [3.63, 3.8) is 0 Å². The molecule has 0 aliphatic heterocycles. The van der Waals surface area contributed by atoms with Gasteiger partial charge in [-0.05, 0) is 68.7 Å². The number of carbonyl (C=O) groups excluding carboxylic acids is 1. The summed E-state index contributed by atoms with van der Waals surface area (Å²) in [6, 6.07) is 11.9. The number of aromatic nitrogens is 1. The highest BCUT2D eigenvalue weighted by atomic mass is 16.5. The lowest BCUT2D eigenvalue weighted by atomic mass is 9.95. The predicted octanol–water partition coefficient (Wildman–Crippen LogP) is 6.18. The molecule has 0 fully saturated rings. The highest BCUT2D eigenvalue weighted by Gasteiger charge is 2.21. The van der Waals surface area contributed by atoms with Gasteiger partial charge in [-0.2, -0.15) is 0 Å². The van der Waals surface area contributed by atoms with Crippen molar-refractivity contribution in [1.82, 2.24) is 4.98 Å². The van der Waals surface area contributed by atoms with Crippen LogP contribution in [-0.2, 0) is 4.74 Å². The van der Waals surface area contributed by atoms with Crippen molar-refractivity contribution in [3.05, 3.63) is 58.7 Å². The van der Waals surface area contributed by atoms with Gasteiger partial charge in [0.1, 0.15) is 5.75 Å². The van der Waals surface area contributed by atoms with Crippen LogP contribution in [-0.4, -0.2) is 24.7 Å². The van der Waals surface area contributed by atoms with Crippen LogP contribution in [0, 0.1) is 20.8 Å². The second-order valence-corrected chi connectivity index (χ2v) is 7.51. The third-order valence-electron chi connectivity index (χ3n) is 5.22. The summed E-state index contributed by atoms with van der Waals surface area (Å²) in [6.45, 7) is 8.60. The van der Waals surface area contributed by atoms with E-state index in [1.807, 2.05) is 51.1 Å². The molecule has 29 heavy (non-hydrogen) atoms. The summed E-state index contributed by atoms with van der Waals surface area (Å²) in [4.78, 5) is 18.0. The van der Waals surface area contributed by atoms with Gasteiger partial charge in [-0.3, -0.25) is 0 Å². The van der Waals surface area contributed by atoms with Crippen LogP contribution < -0.4 is 4.74 Å². The molecule has 0 saturated carbocycles. The maximum absolute atomic E-state index is 13.1. The monoisotopic (exact) mass is 391 g/mol. The molecule has 1 heterocycles. The zero-order chi connectivity index (χ0) is 21.0. The highest BCUT2D eigenvalue weighted by molar-refractivity contribution is 6.07. The average molecular weight is 392 g/mol. The third kappa shape index (κ3) is 4.42. The number of benzene rings is 2. The number of aryl methyl sites for hydroxylation is 2. The third-order valence-corrected chi connectivity index (χ3v) is 5.22. The molecular weight excluding hydrogens is 362 g/mol. The molecule has 0 unspecified atom stereocenters. The van der Waals surface area contributed by atoms with E-state index in [4.69, 9.17) is 14.5 Å². The molecule has 1 aromatic heterocycles. The summed E-state index contributed by atoms with van der Waals surface area (Å²) < 4.78 is 10.9. The van der Waals surface area contributed by atoms with Crippen LogP contribution in [0.3, 0.4) is 0 Å². The fourth-order valence-electron chi connectivity index (χ4n) is 3.70. The standard InChI is InChI=1S/C25H29NO3/c1-6-7-8-13-29-25(27)22-18(4)24(19-9-11-20(28-5)12-10-19)26-23-17(3)14-16(2)15-21(22)23/h9-12,14-15H,6-8,13H2,1-5H3. The molecule has 3 rings (SSSR count). The number of rotatable bonds is 7. The van der Waals surface area contributed by atoms with Gasteiger partial charge in [0, 0.05) is 10.9 Å². The number of esters is 1. The van der Waals surface area contributed by atoms with Crippen molar-refractivity contribution in [2.75, 3.05) is 13.7 Å². The number of hydrogen-bond donors (Lipinski definition) is 0. The first-order valence-corrected chi connectivity index (χ1v) is 10.2. The van der Waals surface area contributed by atoms with Crippen LogP contribution in [0.15, 0.2) is 36.4 Å². The predicted molar refractivity (Wildman–Crippen MR) is 118 cm³/mol. The molecule has 0 aliphatic rings. The van der Waals surface area contributed by atoms with E-state index in [9.17, 15) is 4.79 Å². The molecule has 2 aromatic carbocycles. The minimum Gasteiger partial charge on any atom is -0.497 e. The van der Waals surface area contributed by atoms with Crippen molar-refractivity contribution < 1.29 is 14.3 Å². The molecule has 0 amide bonds. The van der Waals surface area contributed by atoms with Crippen molar-refractivity contribution in [1.29, 1.82) is 0 Å². The SMILES string of the molecule is CCCCCOC(=O)c1c(C)c(-c2ccc(OC)cc2)nc2c(C)cc(C)cc12. The molecule has 0 bridgehead atoms. The van der Waals surface area contributed by atoms with E-state index in [2.05, 4.69) is 13.0 Å². The molecule has 0 N–H and O–H groups in total. The first kappa shape index (κ1) is 20.8. The zero-order valence-electron chi connectivity index (χ0n) is 18.0. The van der Waals surface area contributed by atoms with Gasteiger partial charge in [-0.25, -0.2) is 9.78 Å². The number of carbonyl (C=O) groups is 1. The Morgan fingerprint density at radius 1 is 1.03 bits per heavy atom. The lowest BCUT2D eigenvalue weighted by Gasteiger charge is -2.16. The van der Waals surface area contributed by atoms with E-state index in [0.717, 1.165) is 63.9 Å². The van der Waals surface area contributed by atoms with Crippen LogP contribution in [0.4, 0.5) is 0 Å². The molecule has 0 aliphatic carbocycles. The molecule has 152 valence electrons. The van der Waals surface area contributed by atoms with Crippen molar-refractivity contribution in [3.8, 4) is 17.0 Å². The van der Waals surface area contributed by atoms with Crippen LogP contribution in [0.2, 0.25) is 0 Å². The second kappa shape index (κ2) is 9.08. The largest absolute Gasteiger partial charge is 0.497 e. The van der Waals surface area contributed by atoms with Crippen LogP contribution >= 0.6 is 0 Å². The van der Waals surface area contributed by atoms with Gasteiger partial charge in [-0.15, -0.1) is 0 Å². The topological polar surface area (TPSA) is 48.4 Å². The fourth-order valence-corrected chi connectivity index (χ4v) is 3.70. The Morgan fingerprint density at radius 3 is 2.41 bits per heavy atom. The molecule has 0 spiro atoms. The molecule has 0 saturated heterocycles. The molecule has 3 aromatic rings. The van der Waals surface area contributed by atoms with Crippen molar-refractivity contribution >= 4 is 16.9 Å². The first-order chi connectivity index (χ1) is 14.0. The molecule has 4 heteroatoms. The van der Waals surface area contributed by atoms with Gasteiger partial charge in [0.15, 0.2) is 0 Å². The van der Waals surface area contributed by atoms with E-state index < -0.39 is 0 Å². The highest BCUT2D eigenvalue weighted by Crippen LogP contribution is 2.33. The maximum Gasteiger partial charge on any atom is 0.339 e. The molecule has 0 atom stereocenters. The van der Waals surface area contributed by atoms with Gasteiger partial charge in [-0.1, -0.05) is 31.4 Å². The quantitative estimate of drug-likeness (QED) is 0.356. The van der Waals surface area contributed by atoms with E-state index in [0.29, 0.717) is 12.2 Å². The van der Waals surface area contributed by atoms with E-state index in [1.165, 1.54) is 0 Å². The Morgan fingerprint density at radius 2 is 1.76 bits per heavy atom. The van der Waals surface area contributed by atoms with E-state index in [-0.39, 0.29) is 5.97 Å². The summed E-state index contributed by atoms with van der Waals surface area (Å²) in [5.41, 5.74) is 6.20. The van der Waals surface area contributed by atoms with Crippen LogP contribution in [0.1, 0.15) is 53.2 Å². The number of methoxy groups -OCH3 is 1. The normalized spacial score (nSPS) is 10.9. The fraction of sp³-hybridized carbons (Fsp3) is 0.360. The molecule has 4 nitrogen and oxygen atoms in total. The Labute approximate surface area is 172 Å². The van der Waals surface area contributed by atoms with Crippen molar-refractivity contribution in [2.24, 2.45) is 0 Å². The van der Waals surface area contributed by atoms with Gasteiger partial charge < -0.3 is 9.47 Å². The Bertz CT molecular complexity index is 1020. The second-order valence-electron chi connectivity index (χ2n) is 7.51. The minimum atomic E-state index is -0.272. The minimum absolute atomic E-state index is 0.272. The first-order valence-electron chi connectivity index (χ1n) is 10.2. The summed E-state index contributed by atoms with van der Waals surface area (Å²) >= 11 is 0. The summed E-state index contributed by atoms with van der Waals surface area (Å²) in [6.07, 6.45) is 3.03. The number of fused-ring (bicyclic) bond motifs is 1. The summed E-state index contributed by atoms with van der Waals surface area (Å²) in [7, 11) is 1.65. The number of hydrogen-bond acceptors (Lipinski definition) is 4.